The number of benzene rings is 1. The fourth-order valence-corrected chi connectivity index (χ4v) is 3.86. The smallest absolute Gasteiger partial charge is 0.216 e. The van der Waals surface area contributed by atoms with E-state index in [0.29, 0.717) is 13.1 Å². The molecule has 4 nitrogen and oxygen atoms in total. The van der Waals surface area contributed by atoms with Gasteiger partial charge >= 0.3 is 0 Å². The molecule has 0 aliphatic carbocycles. The second-order valence-electron chi connectivity index (χ2n) is 5.63. The minimum atomic E-state index is -3.27. The van der Waals surface area contributed by atoms with Gasteiger partial charge in [0.15, 0.2) is 0 Å². The maximum absolute atomic E-state index is 12.9. The Balaban J connectivity index is 1.93. The van der Waals surface area contributed by atoms with Gasteiger partial charge in [-0.3, -0.25) is 0 Å². The van der Waals surface area contributed by atoms with Gasteiger partial charge < -0.3 is 4.74 Å². The van der Waals surface area contributed by atoms with E-state index in [2.05, 4.69) is 0 Å². The molecule has 1 atom stereocenters. The molecule has 1 saturated heterocycles. The minimum absolute atomic E-state index is 0.0152. The second kappa shape index (κ2) is 6.85. The van der Waals surface area contributed by atoms with E-state index in [-0.39, 0.29) is 30.2 Å². The number of ether oxygens (including phenoxy) is 1. The summed E-state index contributed by atoms with van der Waals surface area (Å²) in [5.41, 5.74) is 0.993. The molecular formula is C15H22FNO3S. The summed E-state index contributed by atoms with van der Waals surface area (Å²) < 4.78 is 44.2. The highest BCUT2D eigenvalue weighted by Gasteiger charge is 2.31. The van der Waals surface area contributed by atoms with Crippen molar-refractivity contribution in [3.8, 4) is 0 Å². The largest absolute Gasteiger partial charge is 0.378 e. The topological polar surface area (TPSA) is 46.6 Å². The maximum Gasteiger partial charge on any atom is 0.216 e. The number of halogens is 1. The van der Waals surface area contributed by atoms with Crippen molar-refractivity contribution in [2.75, 3.05) is 25.4 Å². The highest BCUT2D eigenvalue weighted by Crippen LogP contribution is 2.29. The summed E-state index contributed by atoms with van der Waals surface area (Å²) in [5.74, 6) is -0.111. The van der Waals surface area contributed by atoms with Crippen molar-refractivity contribution >= 4 is 10.0 Å². The van der Waals surface area contributed by atoms with E-state index in [1.54, 1.807) is 12.1 Å². The van der Waals surface area contributed by atoms with Gasteiger partial charge in [0.05, 0.1) is 18.5 Å². The number of hydrogen-bond acceptors (Lipinski definition) is 3. The Morgan fingerprint density at radius 2 is 2.00 bits per heavy atom. The van der Waals surface area contributed by atoms with Gasteiger partial charge in [-0.15, -0.1) is 0 Å². The molecule has 0 unspecified atom stereocenters. The first-order chi connectivity index (χ1) is 9.88. The van der Waals surface area contributed by atoms with Gasteiger partial charge in [-0.05, 0) is 43.9 Å². The van der Waals surface area contributed by atoms with Crippen molar-refractivity contribution in [2.45, 2.75) is 32.3 Å². The van der Waals surface area contributed by atoms with Crippen LogP contribution in [-0.2, 0) is 14.8 Å². The third-order valence-corrected chi connectivity index (χ3v) is 5.48. The Morgan fingerprint density at radius 1 is 1.33 bits per heavy atom. The Morgan fingerprint density at radius 3 is 2.62 bits per heavy atom. The first kappa shape index (κ1) is 16.4. The first-order valence-electron chi connectivity index (χ1n) is 7.23. The summed E-state index contributed by atoms with van der Waals surface area (Å²) >= 11 is 0. The Labute approximate surface area is 126 Å². The molecule has 0 bridgehead atoms. The highest BCUT2D eigenvalue weighted by atomic mass is 32.2. The van der Waals surface area contributed by atoms with Crippen LogP contribution in [-0.4, -0.2) is 44.3 Å². The van der Waals surface area contributed by atoms with E-state index in [1.165, 1.54) is 16.4 Å². The quantitative estimate of drug-likeness (QED) is 0.809. The van der Waals surface area contributed by atoms with Gasteiger partial charge in [0.25, 0.3) is 0 Å². The third kappa shape index (κ3) is 4.49. The van der Waals surface area contributed by atoms with Crippen LogP contribution in [0.25, 0.3) is 0 Å². The molecular weight excluding hydrogens is 293 g/mol. The second-order valence-corrected chi connectivity index (χ2v) is 7.72. The molecule has 6 heteroatoms. The van der Waals surface area contributed by atoms with Crippen molar-refractivity contribution in [2.24, 2.45) is 0 Å². The minimum Gasteiger partial charge on any atom is -0.378 e. The summed E-state index contributed by atoms with van der Waals surface area (Å²) in [4.78, 5) is 0. The van der Waals surface area contributed by atoms with Gasteiger partial charge in [0, 0.05) is 13.1 Å². The van der Waals surface area contributed by atoms with Crippen LogP contribution in [0.2, 0.25) is 0 Å². The molecule has 0 radical (unpaired) electrons. The van der Waals surface area contributed by atoms with Gasteiger partial charge in [-0.2, -0.15) is 0 Å². The average molecular weight is 315 g/mol. The summed E-state index contributed by atoms with van der Waals surface area (Å²) in [7, 11) is -3.27. The van der Waals surface area contributed by atoms with Crippen molar-refractivity contribution in [3.63, 3.8) is 0 Å². The van der Waals surface area contributed by atoms with Crippen molar-refractivity contribution < 1.29 is 17.5 Å². The molecule has 1 aliphatic heterocycles. The monoisotopic (exact) mass is 315 g/mol. The van der Waals surface area contributed by atoms with Crippen LogP contribution >= 0.6 is 0 Å². The molecule has 21 heavy (non-hydrogen) atoms. The summed E-state index contributed by atoms with van der Waals surface area (Å²) in [6.07, 6.45) is 0.807. The van der Waals surface area contributed by atoms with Crippen LogP contribution in [0, 0.1) is 5.82 Å². The van der Waals surface area contributed by atoms with E-state index in [4.69, 9.17) is 4.74 Å². The average Bonchev–Trinajstić information content (AvgIpc) is 2.89. The number of nitrogens with zero attached hydrogens (tertiary/aromatic N) is 1. The van der Waals surface area contributed by atoms with Crippen molar-refractivity contribution in [3.05, 3.63) is 35.6 Å². The SMILES string of the molecule is CC(C)OCCS(=O)(=O)N1CC[C@H](c2ccc(F)cc2)C1. The van der Waals surface area contributed by atoms with E-state index < -0.39 is 10.0 Å². The lowest BCUT2D eigenvalue weighted by atomic mass is 9.99. The van der Waals surface area contributed by atoms with E-state index in [9.17, 15) is 12.8 Å². The summed E-state index contributed by atoms with van der Waals surface area (Å²) in [5, 5.41) is 0. The predicted octanol–water partition coefficient (Wildman–Crippen LogP) is 2.37. The normalized spacial score (nSPS) is 20.3. The van der Waals surface area contributed by atoms with E-state index in [1.807, 2.05) is 13.8 Å². The van der Waals surface area contributed by atoms with Gasteiger partial charge in [0.1, 0.15) is 5.82 Å². The Kier molecular flexibility index (Phi) is 5.35. The molecule has 0 N–H and O–H groups in total. The third-order valence-electron chi connectivity index (χ3n) is 3.68. The summed E-state index contributed by atoms with van der Waals surface area (Å²) in [6, 6.07) is 6.31. The number of sulfonamides is 1. The van der Waals surface area contributed by atoms with Crippen LogP contribution in [0.15, 0.2) is 24.3 Å². The lowest BCUT2D eigenvalue weighted by Gasteiger charge is -2.17. The van der Waals surface area contributed by atoms with Crippen LogP contribution in [0.1, 0.15) is 31.7 Å². The zero-order valence-corrected chi connectivity index (χ0v) is 13.3. The first-order valence-corrected chi connectivity index (χ1v) is 8.84. The van der Waals surface area contributed by atoms with Gasteiger partial charge in [-0.25, -0.2) is 17.1 Å². The van der Waals surface area contributed by atoms with E-state index in [0.717, 1.165) is 12.0 Å². The number of rotatable bonds is 6. The van der Waals surface area contributed by atoms with Gasteiger partial charge in [-0.1, -0.05) is 12.1 Å². The standard InChI is InChI=1S/C15H22FNO3S/c1-12(2)20-9-10-21(18,19)17-8-7-14(11-17)13-3-5-15(16)6-4-13/h3-6,12,14H,7-11H2,1-2H3/t14-/m0/s1. The lowest BCUT2D eigenvalue weighted by Crippen LogP contribution is -2.32. The molecule has 0 spiro atoms. The molecule has 0 amide bonds. The maximum atomic E-state index is 12.9. The predicted molar refractivity (Wildman–Crippen MR) is 80.2 cm³/mol. The fourth-order valence-electron chi connectivity index (χ4n) is 2.51. The molecule has 0 aromatic heterocycles. The molecule has 118 valence electrons. The summed E-state index contributed by atoms with van der Waals surface area (Å²) in [6.45, 7) is 4.97. The van der Waals surface area contributed by atoms with Gasteiger partial charge in [0.2, 0.25) is 10.0 Å². The molecule has 0 saturated carbocycles. The van der Waals surface area contributed by atoms with Crippen LogP contribution in [0.5, 0.6) is 0 Å². The Hall–Kier alpha value is -0.980. The molecule has 1 aliphatic rings. The lowest BCUT2D eigenvalue weighted by molar-refractivity contribution is 0.0907. The zero-order valence-electron chi connectivity index (χ0n) is 12.5. The highest BCUT2D eigenvalue weighted by molar-refractivity contribution is 7.89. The van der Waals surface area contributed by atoms with E-state index >= 15 is 0 Å². The van der Waals surface area contributed by atoms with Crippen molar-refractivity contribution in [1.29, 1.82) is 0 Å². The molecule has 1 heterocycles. The van der Waals surface area contributed by atoms with Crippen LogP contribution in [0.3, 0.4) is 0 Å². The zero-order chi connectivity index (χ0) is 15.5. The molecule has 1 aromatic carbocycles. The number of hydrogen-bond donors (Lipinski definition) is 0. The fraction of sp³-hybridized carbons (Fsp3) is 0.600. The molecule has 1 fully saturated rings. The van der Waals surface area contributed by atoms with Crippen LogP contribution in [0.4, 0.5) is 4.39 Å². The molecule has 2 rings (SSSR count). The Bertz CT molecular complexity index is 557. The van der Waals surface area contributed by atoms with Crippen molar-refractivity contribution in [1.82, 2.24) is 4.31 Å². The molecule has 1 aromatic rings. The van der Waals surface area contributed by atoms with Crippen LogP contribution < -0.4 is 0 Å².